The van der Waals surface area contributed by atoms with Crippen LogP contribution in [0.3, 0.4) is 0 Å². The average molecular weight is 366 g/mol. The van der Waals surface area contributed by atoms with E-state index in [1.165, 1.54) is 22.3 Å². The molecule has 0 saturated heterocycles. The zero-order valence-corrected chi connectivity index (χ0v) is 15.5. The van der Waals surface area contributed by atoms with Crippen LogP contribution in [0.25, 0.3) is 0 Å². The zero-order chi connectivity index (χ0) is 18.5. The summed E-state index contributed by atoms with van der Waals surface area (Å²) in [6, 6.07) is 8.45. The van der Waals surface area contributed by atoms with E-state index in [-0.39, 0.29) is 18.6 Å². The molecule has 1 N–H and O–H groups in total. The number of hydrogen-bond donors (Lipinski definition) is 1. The summed E-state index contributed by atoms with van der Waals surface area (Å²) in [5, 5.41) is 3.05. The monoisotopic (exact) mass is 366 g/mol. The van der Waals surface area contributed by atoms with Gasteiger partial charge in [-0.1, -0.05) is 12.1 Å². The Hall–Kier alpha value is -2.73. The number of benzene rings is 2. The fourth-order valence-corrected chi connectivity index (χ4v) is 4.64. The van der Waals surface area contributed by atoms with Crippen LogP contribution in [0.15, 0.2) is 24.3 Å². The summed E-state index contributed by atoms with van der Waals surface area (Å²) >= 11 is 0. The third-order valence-electron chi connectivity index (χ3n) is 5.88. The van der Waals surface area contributed by atoms with Gasteiger partial charge >= 0.3 is 0 Å². The lowest BCUT2D eigenvalue weighted by molar-refractivity contribution is -0.118. The Bertz CT molecular complexity index is 940. The first-order valence-corrected chi connectivity index (χ1v) is 9.24. The Labute approximate surface area is 158 Å². The number of nitrogens with zero attached hydrogens (tertiary/aromatic N) is 1. The highest BCUT2D eigenvalue weighted by atomic mass is 16.5. The predicted octanol–water partition coefficient (Wildman–Crippen LogP) is 2.69. The molecule has 6 nitrogen and oxygen atoms in total. The minimum Gasteiger partial charge on any atom is -0.493 e. The Morgan fingerprint density at radius 3 is 2.81 bits per heavy atom. The van der Waals surface area contributed by atoms with Gasteiger partial charge in [-0.15, -0.1) is 0 Å². The van der Waals surface area contributed by atoms with E-state index in [0.29, 0.717) is 0 Å². The molecule has 2 aromatic carbocycles. The summed E-state index contributed by atoms with van der Waals surface area (Å²) in [5.74, 6) is 2.28. The summed E-state index contributed by atoms with van der Waals surface area (Å²) in [4.78, 5) is 14.4. The maximum absolute atomic E-state index is 11.9. The summed E-state index contributed by atoms with van der Waals surface area (Å²) in [6.45, 7) is 1.86. The molecule has 0 fully saturated rings. The van der Waals surface area contributed by atoms with Crippen LogP contribution in [0.4, 0.5) is 5.69 Å². The van der Waals surface area contributed by atoms with Crippen LogP contribution in [-0.4, -0.2) is 38.2 Å². The van der Waals surface area contributed by atoms with Crippen molar-refractivity contribution in [2.45, 2.75) is 25.4 Å². The van der Waals surface area contributed by atoms with E-state index < -0.39 is 0 Å². The van der Waals surface area contributed by atoms with Gasteiger partial charge in [0.25, 0.3) is 5.91 Å². The topological polar surface area (TPSA) is 60.0 Å². The van der Waals surface area contributed by atoms with Crippen LogP contribution < -0.4 is 19.5 Å². The second-order valence-corrected chi connectivity index (χ2v) is 7.23. The molecule has 0 saturated carbocycles. The van der Waals surface area contributed by atoms with E-state index in [1.54, 1.807) is 14.2 Å². The average Bonchev–Trinajstić information content (AvgIpc) is 2.70. The van der Waals surface area contributed by atoms with E-state index in [2.05, 4.69) is 22.3 Å². The standard InChI is InChI=1S/C21H22N2O4/c1-25-17-6-4-13-9-15-19-12(3-5-16-20(19)22-18(24)11-27-16)7-8-23(15)10-14(13)21(17)26-2/h3-6,15H,7-11H2,1-2H3,(H,22,24). The maximum atomic E-state index is 11.9. The molecule has 6 heteroatoms. The van der Waals surface area contributed by atoms with Crippen molar-refractivity contribution < 1.29 is 19.0 Å². The first kappa shape index (κ1) is 16.4. The number of methoxy groups -OCH3 is 2. The molecule has 0 bridgehead atoms. The molecule has 0 spiro atoms. The van der Waals surface area contributed by atoms with Crippen molar-refractivity contribution in [3.05, 3.63) is 46.5 Å². The molecule has 3 aliphatic rings. The van der Waals surface area contributed by atoms with Crippen LogP contribution in [-0.2, 0) is 24.2 Å². The van der Waals surface area contributed by atoms with E-state index in [9.17, 15) is 4.79 Å². The first-order valence-electron chi connectivity index (χ1n) is 9.24. The lowest BCUT2D eigenvalue weighted by Crippen LogP contribution is -2.40. The molecule has 0 aliphatic carbocycles. The summed E-state index contributed by atoms with van der Waals surface area (Å²) < 4.78 is 16.8. The van der Waals surface area contributed by atoms with Gasteiger partial charge in [0.05, 0.1) is 19.9 Å². The predicted molar refractivity (Wildman–Crippen MR) is 101 cm³/mol. The Kier molecular flexibility index (Phi) is 3.75. The second-order valence-electron chi connectivity index (χ2n) is 7.23. The molecular weight excluding hydrogens is 344 g/mol. The number of fused-ring (bicyclic) bond motifs is 6. The van der Waals surface area contributed by atoms with Gasteiger partial charge < -0.3 is 19.5 Å². The van der Waals surface area contributed by atoms with Gasteiger partial charge in [-0.2, -0.15) is 0 Å². The molecule has 0 radical (unpaired) electrons. The SMILES string of the molecule is COc1ccc2c(c1OC)CN1CCc3ccc4c(c3C1C2)NC(=O)CO4. The largest absolute Gasteiger partial charge is 0.493 e. The number of carbonyl (C=O) groups excluding carboxylic acids is 1. The van der Waals surface area contributed by atoms with Gasteiger partial charge in [-0.05, 0) is 36.1 Å². The van der Waals surface area contributed by atoms with Crippen LogP contribution in [0.5, 0.6) is 17.2 Å². The van der Waals surface area contributed by atoms with Gasteiger partial charge in [0.1, 0.15) is 5.75 Å². The van der Waals surface area contributed by atoms with Gasteiger partial charge in [0.15, 0.2) is 18.1 Å². The Balaban J connectivity index is 1.61. The highest BCUT2D eigenvalue weighted by Crippen LogP contribution is 2.48. The van der Waals surface area contributed by atoms with Crippen molar-refractivity contribution in [1.82, 2.24) is 4.90 Å². The van der Waals surface area contributed by atoms with Gasteiger partial charge in [0, 0.05) is 30.3 Å². The fourth-order valence-electron chi connectivity index (χ4n) is 4.64. The van der Waals surface area contributed by atoms with Crippen molar-refractivity contribution in [3.8, 4) is 17.2 Å². The number of ether oxygens (including phenoxy) is 3. The summed E-state index contributed by atoms with van der Waals surface area (Å²) in [6.07, 6.45) is 1.83. The molecule has 1 amide bonds. The molecule has 140 valence electrons. The first-order chi connectivity index (χ1) is 13.2. The summed E-state index contributed by atoms with van der Waals surface area (Å²) in [5.41, 5.74) is 5.81. The number of carbonyl (C=O) groups is 1. The number of amides is 1. The van der Waals surface area contributed by atoms with Crippen LogP contribution in [0.1, 0.15) is 28.3 Å². The van der Waals surface area contributed by atoms with Crippen LogP contribution >= 0.6 is 0 Å². The van der Waals surface area contributed by atoms with E-state index in [0.717, 1.165) is 48.9 Å². The molecule has 3 aliphatic heterocycles. The normalized spacial score (nSPS) is 20.4. The molecule has 1 unspecified atom stereocenters. The molecule has 0 aromatic heterocycles. The number of nitrogens with one attached hydrogen (secondary N) is 1. The minimum atomic E-state index is -0.0874. The third-order valence-corrected chi connectivity index (χ3v) is 5.88. The molecular formula is C21H22N2O4. The lowest BCUT2D eigenvalue weighted by atomic mass is 9.82. The Morgan fingerprint density at radius 1 is 1.15 bits per heavy atom. The smallest absolute Gasteiger partial charge is 0.262 e. The van der Waals surface area contributed by atoms with E-state index >= 15 is 0 Å². The molecule has 3 heterocycles. The quantitative estimate of drug-likeness (QED) is 0.886. The summed E-state index contributed by atoms with van der Waals surface area (Å²) in [7, 11) is 3.36. The Morgan fingerprint density at radius 2 is 2.00 bits per heavy atom. The van der Waals surface area contributed by atoms with E-state index in [4.69, 9.17) is 14.2 Å². The van der Waals surface area contributed by atoms with Crippen molar-refractivity contribution >= 4 is 11.6 Å². The third kappa shape index (κ3) is 2.47. The van der Waals surface area contributed by atoms with Crippen LogP contribution in [0.2, 0.25) is 0 Å². The fraction of sp³-hybridized carbons (Fsp3) is 0.381. The number of anilines is 1. The van der Waals surface area contributed by atoms with Crippen molar-refractivity contribution in [3.63, 3.8) is 0 Å². The minimum absolute atomic E-state index is 0.0833. The number of rotatable bonds is 2. The van der Waals surface area contributed by atoms with Crippen molar-refractivity contribution in [2.75, 3.05) is 32.7 Å². The lowest BCUT2D eigenvalue weighted by Gasteiger charge is -2.43. The zero-order valence-electron chi connectivity index (χ0n) is 15.5. The van der Waals surface area contributed by atoms with Gasteiger partial charge in [-0.3, -0.25) is 9.69 Å². The van der Waals surface area contributed by atoms with Gasteiger partial charge in [-0.25, -0.2) is 0 Å². The second kappa shape index (κ2) is 6.16. The number of hydrogen-bond acceptors (Lipinski definition) is 5. The maximum Gasteiger partial charge on any atom is 0.262 e. The van der Waals surface area contributed by atoms with Gasteiger partial charge in [0.2, 0.25) is 0 Å². The van der Waals surface area contributed by atoms with E-state index in [1.807, 2.05) is 12.1 Å². The molecule has 2 aromatic rings. The molecule has 5 rings (SSSR count). The highest BCUT2D eigenvalue weighted by Gasteiger charge is 2.37. The highest BCUT2D eigenvalue weighted by molar-refractivity contribution is 5.96. The van der Waals surface area contributed by atoms with Crippen LogP contribution in [0, 0.1) is 0 Å². The molecule has 27 heavy (non-hydrogen) atoms. The molecule has 1 atom stereocenters. The van der Waals surface area contributed by atoms with Crippen molar-refractivity contribution in [2.24, 2.45) is 0 Å². The van der Waals surface area contributed by atoms with Crippen molar-refractivity contribution in [1.29, 1.82) is 0 Å².